The van der Waals surface area contributed by atoms with Crippen LogP contribution in [0.5, 0.6) is 0 Å². The van der Waals surface area contributed by atoms with Gasteiger partial charge in [-0.05, 0) is 49.4 Å². The minimum Gasteiger partial charge on any atom is -0.322 e. The molecule has 1 aliphatic heterocycles. The van der Waals surface area contributed by atoms with Crippen molar-refractivity contribution >= 4 is 23.2 Å². The smallest absolute Gasteiger partial charge is 0.255 e. The first-order valence-corrected chi connectivity index (χ1v) is 8.81. The zero-order valence-corrected chi connectivity index (χ0v) is 15.0. The molecule has 0 bridgehead atoms. The van der Waals surface area contributed by atoms with Crippen molar-refractivity contribution in [3.8, 4) is 0 Å². The van der Waals surface area contributed by atoms with E-state index < -0.39 is 0 Å². The molecule has 1 heterocycles. The van der Waals surface area contributed by atoms with Gasteiger partial charge in [0.05, 0.1) is 0 Å². The maximum absolute atomic E-state index is 12.5. The van der Waals surface area contributed by atoms with Crippen molar-refractivity contribution in [2.75, 3.05) is 25.5 Å². The number of amides is 1. The molecule has 25 heavy (non-hydrogen) atoms. The Labute approximate surface area is 153 Å². The molecule has 1 unspecified atom stereocenters. The molecular formula is C19H23ClN4O. The van der Waals surface area contributed by atoms with Crippen LogP contribution in [0.4, 0.5) is 5.69 Å². The molecule has 1 amide bonds. The average molecular weight is 359 g/mol. The summed E-state index contributed by atoms with van der Waals surface area (Å²) in [6.45, 7) is 2.78. The molecule has 3 rings (SSSR count). The SMILES string of the molecule is CN(Cc1cccc(C(=O)Nc2cccc(Cl)c2)c1)CC1CCNN1. The molecule has 1 fully saturated rings. The molecule has 0 radical (unpaired) electrons. The Morgan fingerprint density at radius 1 is 1.28 bits per heavy atom. The quantitative estimate of drug-likeness (QED) is 0.743. The number of anilines is 1. The number of halogens is 1. The maximum atomic E-state index is 12.5. The van der Waals surface area contributed by atoms with E-state index in [1.54, 1.807) is 12.1 Å². The normalized spacial score (nSPS) is 17.0. The van der Waals surface area contributed by atoms with E-state index in [1.807, 2.05) is 36.4 Å². The third kappa shape index (κ3) is 5.28. The summed E-state index contributed by atoms with van der Waals surface area (Å²) < 4.78 is 0. The first kappa shape index (κ1) is 17.9. The van der Waals surface area contributed by atoms with E-state index in [9.17, 15) is 4.79 Å². The second kappa shape index (κ2) is 8.45. The van der Waals surface area contributed by atoms with E-state index in [0.29, 0.717) is 22.3 Å². The summed E-state index contributed by atoms with van der Waals surface area (Å²) in [4.78, 5) is 14.7. The van der Waals surface area contributed by atoms with Gasteiger partial charge in [0.15, 0.2) is 0 Å². The second-order valence-corrected chi connectivity index (χ2v) is 6.85. The molecule has 1 saturated heterocycles. The predicted octanol–water partition coefficient (Wildman–Crippen LogP) is 2.89. The molecule has 3 N–H and O–H groups in total. The Kier molecular flexibility index (Phi) is 6.04. The third-order valence-electron chi connectivity index (χ3n) is 4.18. The van der Waals surface area contributed by atoms with Crippen LogP contribution in [0.15, 0.2) is 48.5 Å². The average Bonchev–Trinajstić information content (AvgIpc) is 3.08. The van der Waals surface area contributed by atoms with Crippen molar-refractivity contribution in [1.29, 1.82) is 0 Å². The van der Waals surface area contributed by atoms with Gasteiger partial charge in [-0.25, -0.2) is 0 Å². The van der Waals surface area contributed by atoms with Crippen LogP contribution in [0.2, 0.25) is 5.02 Å². The van der Waals surface area contributed by atoms with Crippen LogP contribution >= 0.6 is 11.6 Å². The molecule has 6 heteroatoms. The first-order chi connectivity index (χ1) is 12.1. The Balaban J connectivity index is 1.61. The van der Waals surface area contributed by atoms with E-state index in [-0.39, 0.29) is 5.91 Å². The molecule has 5 nitrogen and oxygen atoms in total. The van der Waals surface area contributed by atoms with Crippen LogP contribution in [0.25, 0.3) is 0 Å². The lowest BCUT2D eigenvalue weighted by atomic mass is 10.1. The number of hydrogen-bond acceptors (Lipinski definition) is 4. The van der Waals surface area contributed by atoms with Crippen molar-refractivity contribution in [2.24, 2.45) is 0 Å². The molecule has 0 aromatic heterocycles. The number of rotatable bonds is 6. The van der Waals surface area contributed by atoms with Gasteiger partial charge < -0.3 is 10.2 Å². The van der Waals surface area contributed by atoms with Crippen LogP contribution in [-0.4, -0.2) is 37.0 Å². The lowest BCUT2D eigenvalue weighted by Crippen LogP contribution is -2.38. The maximum Gasteiger partial charge on any atom is 0.255 e. The van der Waals surface area contributed by atoms with Gasteiger partial charge in [0.1, 0.15) is 0 Å². The highest BCUT2D eigenvalue weighted by molar-refractivity contribution is 6.30. The summed E-state index contributed by atoms with van der Waals surface area (Å²) in [5.74, 6) is -0.131. The summed E-state index contributed by atoms with van der Waals surface area (Å²) in [5, 5.41) is 3.48. The van der Waals surface area contributed by atoms with Crippen LogP contribution < -0.4 is 16.2 Å². The predicted molar refractivity (Wildman–Crippen MR) is 102 cm³/mol. The number of nitrogens with one attached hydrogen (secondary N) is 3. The fraction of sp³-hybridized carbons (Fsp3) is 0.316. The molecule has 0 aliphatic carbocycles. The zero-order chi connectivity index (χ0) is 17.6. The summed E-state index contributed by atoms with van der Waals surface area (Å²) in [5.41, 5.74) is 8.88. The molecular weight excluding hydrogens is 336 g/mol. The topological polar surface area (TPSA) is 56.4 Å². The van der Waals surface area contributed by atoms with Crippen LogP contribution in [0, 0.1) is 0 Å². The standard InChI is InChI=1S/C19H23ClN4O/c1-24(13-18-8-9-21-23-18)12-14-4-2-5-15(10-14)19(25)22-17-7-3-6-16(20)11-17/h2-7,10-11,18,21,23H,8-9,12-13H2,1H3,(H,22,25). The van der Waals surface area contributed by atoms with Gasteiger partial charge in [-0.3, -0.25) is 15.6 Å². The highest BCUT2D eigenvalue weighted by atomic mass is 35.5. The largest absolute Gasteiger partial charge is 0.322 e. The minimum absolute atomic E-state index is 0.131. The van der Waals surface area contributed by atoms with Gasteiger partial charge in [0, 0.05) is 41.9 Å². The second-order valence-electron chi connectivity index (χ2n) is 6.42. The van der Waals surface area contributed by atoms with Gasteiger partial charge in [-0.1, -0.05) is 29.8 Å². The highest BCUT2D eigenvalue weighted by Gasteiger charge is 2.16. The molecule has 132 valence electrons. The molecule has 1 aliphatic rings. The first-order valence-electron chi connectivity index (χ1n) is 8.43. The lowest BCUT2D eigenvalue weighted by Gasteiger charge is -2.21. The number of carbonyl (C=O) groups is 1. The van der Waals surface area contributed by atoms with Gasteiger partial charge in [0.2, 0.25) is 0 Å². The van der Waals surface area contributed by atoms with E-state index in [0.717, 1.165) is 31.6 Å². The summed E-state index contributed by atoms with van der Waals surface area (Å²) in [7, 11) is 2.10. The van der Waals surface area contributed by atoms with Crippen LogP contribution in [0.1, 0.15) is 22.3 Å². The van der Waals surface area contributed by atoms with Crippen molar-refractivity contribution < 1.29 is 4.79 Å². The lowest BCUT2D eigenvalue weighted by molar-refractivity contribution is 0.102. The van der Waals surface area contributed by atoms with Crippen molar-refractivity contribution in [3.63, 3.8) is 0 Å². The van der Waals surface area contributed by atoms with E-state index in [4.69, 9.17) is 11.6 Å². The Bertz CT molecular complexity index is 731. The number of carbonyl (C=O) groups excluding carboxylic acids is 1. The monoisotopic (exact) mass is 358 g/mol. The number of likely N-dealkylation sites (N-methyl/N-ethyl adjacent to an activating group) is 1. The van der Waals surface area contributed by atoms with Gasteiger partial charge in [-0.15, -0.1) is 0 Å². The minimum atomic E-state index is -0.131. The summed E-state index contributed by atoms with van der Waals surface area (Å²) in [6, 6.07) is 15.4. The Morgan fingerprint density at radius 2 is 2.12 bits per heavy atom. The highest BCUT2D eigenvalue weighted by Crippen LogP contribution is 2.16. The van der Waals surface area contributed by atoms with Crippen molar-refractivity contribution in [1.82, 2.24) is 15.8 Å². The third-order valence-corrected chi connectivity index (χ3v) is 4.42. The molecule has 1 atom stereocenters. The van der Waals surface area contributed by atoms with Crippen molar-refractivity contribution in [2.45, 2.75) is 19.0 Å². The van der Waals surface area contributed by atoms with Gasteiger partial charge in [0.25, 0.3) is 5.91 Å². The fourth-order valence-corrected chi connectivity index (χ4v) is 3.20. The number of hydrazine groups is 1. The molecule has 0 saturated carbocycles. The fourth-order valence-electron chi connectivity index (χ4n) is 3.00. The Hall–Kier alpha value is -1.92. The Morgan fingerprint density at radius 3 is 2.88 bits per heavy atom. The van der Waals surface area contributed by atoms with E-state index in [2.05, 4.69) is 28.1 Å². The van der Waals surface area contributed by atoms with Crippen molar-refractivity contribution in [3.05, 3.63) is 64.7 Å². The van der Waals surface area contributed by atoms with E-state index in [1.165, 1.54) is 0 Å². The molecule has 0 spiro atoms. The molecule has 2 aromatic carbocycles. The van der Waals surface area contributed by atoms with Gasteiger partial charge >= 0.3 is 0 Å². The van der Waals surface area contributed by atoms with Crippen LogP contribution in [0.3, 0.4) is 0 Å². The summed E-state index contributed by atoms with van der Waals surface area (Å²) >= 11 is 5.96. The van der Waals surface area contributed by atoms with Gasteiger partial charge in [-0.2, -0.15) is 0 Å². The summed E-state index contributed by atoms with van der Waals surface area (Å²) in [6.07, 6.45) is 1.13. The number of benzene rings is 2. The van der Waals surface area contributed by atoms with Crippen LogP contribution in [-0.2, 0) is 6.54 Å². The number of hydrogen-bond donors (Lipinski definition) is 3. The zero-order valence-electron chi connectivity index (χ0n) is 14.3. The van der Waals surface area contributed by atoms with E-state index >= 15 is 0 Å². The molecule has 2 aromatic rings. The number of nitrogens with zero attached hydrogens (tertiary/aromatic N) is 1.